The van der Waals surface area contributed by atoms with Crippen molar-refractivity contribution < 1.29 is 13.6 Å². The Balaban J connectivity index is 1.74. The maximum Gasteiger partial charge on any atom is 0.437 e. The first-order valence-electron chi connectivity index (χ1n) is 8.21. The number of hydrogen-bond donors (Lipinski definition) is 0. The molecule has 2 aromatic heterocycles. The Morgan fingerprint density at radius 3 is 2.50 bits per heavy atom. The van der Waals surface area contributed by atoms with Gasteiger partial charge in [-0.3, -0.25) is 4.79 Å². The lowest BCUT2D eigenvalue weighted by Crippen LogP contribution is -2.45. The highest BCUT2D eigenvalue weighted by atomic mass is 16.4. The third kappa shape index (κ3) is 3.02. The van der Waals surface area contributed by atoms with E-state index in [2.05, 4.69) is 5.10 Å². The highest BCUT2D eigenvalue weighted by molar-refractivity contribution is 5.81. The molecule has 1 saturated heterocycles. The predicted molar refractivity (Wildman–Crippen MR) is 87.5 cm³/mol. The van der Waals surface area contributed by atoms with E-state index in [0.717, 1.165) is 0 Å². The lowest BCUT2D eigenvalue weighted by atomic mass is 9.93. The van der Waals surface area contributed by atoms with Crippen LogP contribution in [-0.2, 0) is 4.79 Å². The number of aryl methyl sites for hydroxylation is 1. The van der Waals surface area contributed by atoms with Crippen LogP contribution >= 0.6 is 0 Å². The van der Waals surface area contributed by atoms with Gasteiger partial charge in [-0.15, -0.1) is 5.10 Å². The third-order valence-electron chi connectivity index (χ3n) is 4.40. The molecule has 0 saturated carbocycles. The minimum Gasteiger partial charge on any atom is -0.469 e. The lowest BCUT2D eigenvalue weighted by Gasteiger charge is -2.35. The van der Waals surface area contributed by atoms with E-state index in [0.29, 0.717) is 37.3 Å². The fourth-order valence-corrected chi connectivity index (χ4v) is 3.02. The van der Waals surface area contributed by atoms with Gasteiger partial charge in [-0.05, 0) is 25.8 Å². The molecular weight excluding hydrogens is 310 g/mol. The van der Waals surface area contributed by atoms with Crippen molar-refractivity contribution in [2.45, 2.75) is 46.6 Å². The van der Waals surface area contributed by atoms with Gasteiger partial charge in [-0.1, -0.05) is 20.8 Å². The van der Waals surface area contributed by atoms with Gasteiger partial charge in [0.15, 0.2) is 0 Å². The Morgan fingerprint density at radius 1 is 1.29 bits per heavy atom. The number of carbonyl (C=O) groups excluding carboxylic acids is 1. The van der Waals surface area contributed by atoms with E-state index >= 15 is 0 Å². The van der Waals surface area contributed by atoms with Gasteiger partial charge in [0.2, 0.25) is 5.91 Å². The molecule has 0 bridgehead atoms. The van der Waals surface area contributed by atoms with Crippen LogP contribution in [-0.4, -0.2) is 33.7 Å². The van der Waals surface area contributed by atoms with Crippen molar-refractivity contribution in [2.75, 3.05) is 13.1 Å². The summed E-state index contributed by atoms with van der Waals surface area (Å²) in [5.41, 5.74) is 0.301. The zero-order chi connectivity index (χ0) is 17.5. The Morgan fingerprint density at radius 2 is 1.96 bits per heavy atom. The Bertz CT molecular complexity index is 785. The molecule has 0 spiro atoms. The molecule has 0 unspecified atom stereocenters. The van der Waals surface area contributed by atoms with Crippen molar-refractivity contribution in [1.29, 1.82) is 0 Å². The Labute approximate surface area is 140 Å². The fraction of sp³-hybridized carbons (Fsp3) is 0.588. The largest absolute Gasteiger partial charge is 0.469 e. The summed E-state index contributed by atoms with van der Waals surface area (Å²) < 4.78 is 11.9. The van der Waals surface area contributed by atoms with Crippen molar-refractivity contribution in [3.05, 3.63) is 28.6 Å². The molecule has 0 N–H and O–H groups in total. The Hall–Kier alpha value is -2.31. The molecule has 0 radical (unpaired) electrons. The average molecular weight is 333 g/mol. The summed E-state index contributed by atoms with van der Waals surface area (Å²) in [5, 5.41) is 4.33. The third-order valence-corrected chi connectivity index (χ3v) is 4.40. The van der Waals surface area contributed by atoms with Crippen LogP contribution in [0.5, 0.6) is 0 Å². The highest BCUT2D eigenvalue weighted by Crippen LogP contribution is 2.27. The van der Waals surface area contributed by atoms with Gasteiger partial charge >= 0.3 is 5.76 Å². The van der Waals surface area contributed by atoms with E-state index in [9.17, 15) is 9.59 Å². The van der Waals surface area contributed by atoms with Gasteiger partial charge in [0, 0.05) is 18.5 Å². The van der Waals surface area contributed by atoms with Crippen LogP contribution in [0.3, 0.4) is 0 Å². The summed E-state index contributed by atoms with van der Waals surface area (Å²) in [6.07, 6.45) is 2.93. The summed E-state index contributed by atoms with van der Waals surface area (Å²) in [4.78, 5) is 26.3. The zero-order valence-corrected chi connectivity index (χ0v) is 14.5. The smallest absolute Gasteiger partial charge is 0.437 e. The number of aromatic nitrogens is 2. The van der Waals surface area contributed by atoms with Crippen molar-refractivity contribution in [2.24, 2.45) is 5.41 Å². The van der Waals surface area contributed by atoms with Gasteiger partial charge in [-0.2, -0.15) is 4.68 Å². The van der Waals surface area contributed by atoms with E-state index in [4.69, 9.17) is 8.83 Å². The van der Waals surface area contributed by atoms with Crippen LogP contribution in [0.2, 0.25) is 0 Å². The second-order valence-corrected chi connectivity index (χ2v) is 7.28. The number of amides is 1. The number of likely N-dealkylation sites (tertiary alicyclic amines) is 1. The molecule has 130 valence electrons. The molecule has 1 aliphatic heterocycles. The van der Waals surface area contributed by atoms with E-state index in [-0.39, 0.29) is 23.3 Å². The first-order chi connectivity index (χ1) is 11.3. The predicted octanol–water partition coefficient (Wildman–Crippen LogP) is 2.61. The van der Waals surface area contributed by atoms with Crippen LogP contribution in [0.4, 0.5) is 0 Å². The molecule has 1 aliphatic rings. The molecule has 3 rings (SSSR count). The van der Waals surface area contributed by atoms with Crippen LogP contribution < -0.4 is 5.76 Å². The molecule has 7 nitrogen and oxygen atoms in total. The highest BCUT2D eigenvalue weighted by Gasteiger charge is 2.32. The molecule has 24 heavy (non-hydrogen) atoms. The normalized spacial score (nSPS) is 16.6. The van der Waals surface area contributed by atoms with E-state index < -0.39 is 5.76 Å². The van der Waals surface area contributed by atoms with E-state index in [1.165, 1.54) is 4.68 Å². The van der Waals surface area contributed by atoms with E-state index in [1.54, 1.807) is 19.3 Å². The molecule has 0 aliphatic carbocycles. The van der Waals surface area contributed by atoms with Gasteiger partial charge in [0.05, 0.1) is 17.9 Å². The monoisotopic (exact) mass is 333 g/mol. The number of rotatable bonds is 2. The quantitative estimate of drug-likeness (QED) is 0.844. The van der Waals surface area contributed by atoms with Crippen molar-refractivity contribution >= 4 is 5.91 Å². The van der Waals surface area contributed by atoms with Crippen LogP contribution in [0.1, 0.15) is 45.4 Å². The minimum atomic E-state index is -0.466. The summed E-state index contributed by atoms with van der Waals surface area (Å²) in [5.74, 6) is 0.614. The summed E-state index contributed by atoms with van der Waals surface area (Å²) in [6.45, 7) is 8.81. The van der Waals surface area contributed by atoms with Crippen LogP contribution in [0.15, 0.2) is 26.0 Å². The molecule has 1 fully saturated rings. The fourth-order valence-electron chi connectivity index (χ4n) is 3.02. The van der Waals surface area contributed by atoms with Gasteiger partial charge < -0.3 is 13.7 Å². The van der Waals surface area contributed by atoms with Crippen molar-refractivity contribution in [3.8, 4) is 11.5 Å². The lowest BCUT2D eigenvalue weighted by molar-refractivity contribution is -0.140. The first-order valence-corrected chi connectivity index (χ1v) is 8.21. The maximum atomic E-state index is 12.3. The zero-order valence-electron chi connectivity index (χ0n) is 14.5. The standard InChI is InChI=1S/C17H23N3O4/c1-11-13(7-10-23-11)14-18-20(16(22)24-14)12-5-8-19(9-6-12)15(21)17(2,3)4/h7,10,12H,5-6,8-9H2,1-4H3. The molecular formula is C17H23N3O4. The number of furan rings is 1. The van der Waals surface area contributed by atoms with Gasteiger partial charge in [0.25, 0.3) is 5.89 Å². The number of hydrogen-bond acceptors (Lipinski definition) is 5. The number of piperidine rings is 1. The molecule has 7 heteroatoms. The van der Waals surface area contributed by atoms with Crippen LogP contribution in [0, 0.1) is 12.3 Å². The van der Waals surface area contributed by atoms with E-state index in [1.807, 2.05) is 25.7 Å². The molecule has 2 aromatic rings. The molecule has 1 amide bonds. The Kier molecular flexibility index (Phi) is 4.11. The summed E-state index contributed by atoms with van der Waals surface area (Å²) in [7, 11) is 0. The topological polar surface area (TPSA) is 81.5 Å². The minimum absolute atomic E-state index is 0.0498. The van der Waals surface area contributed by atoms with Crippen molar-refractivity contribution in [3.63, 3.8) is 0 Å². The average Bonchev–Trinajstić information content (AvgIpc) is 3.11. The second kappa shape index (κ2) is 5.96. The van der Waals surface area contributed by atoms with Gasteiger partial charge in [-0.25, -0.2) is 4.79 Å². The molecule has 0 aromatic carbocycles. The SMILES string of the molecule is Cc1occc1-c1nn(C2CCN(C(=O)C(C)(C)C)CC2)c(=O)o1. The first kappa shape index (κ1) is 16.5. The molecule has 3 heterocycles. The summed E-state index contributed by atoms with van der Waals surface area (Å²) in [6, 6.07) is 1.68. The van der Waals surface area contributed by atoms with Gasteiger partial charge in [0.1, 0.15) is 5.76 Å². The molecule has 0 atom stereocenters. The van der Waals surface area contributed by atoms with Crippen LogP contribution in [0.25, 0.3) is 11.5 Å². The number of carbonyl (C=O) groups is 1. The maximum absolute atomic E-state index is 12.3. The summed E-state index contributed by atoms with van der Waals surface area (Å²) >= 11 is 0. The number of nitrogens with zero attached hydrogens (tertiary/aromatic N) is 3. The second-order valence-electron chi connectivity index (χ2n) is 7.28. The van der Waals surface area contributed by atoms with Crippen molar-refractivity contribution in [1.82, 2.24) is 14.7 Å².